The Kier molecular flexibility index (Phi) is 2.65. The van der Waals surface area contributed by atoms with E-state index in [1.807, 2.05) is 0 Å². The number of amides is 1. The highest BCUT2D eigenvalue weighted by Gasteiger charge is 2.56. The van der Waals surface area contributed by atoms with Crippen LogP contribution in [0.25, 0.3) is 0 Å². The zero-order valence-electron chi connectivity index (χ0n) is 10.5. The molecule has 2 fully saturated rings. The van der Waals surface area contributed by atoms with Crippen molar-refractivity contribution in [2.45, 2.75) is 19.3 Å². The minimum absolute atomic E-state index is 0.132. The van der Waals surface area contributed by atoms with E-state index < -0.39 is 0 Å². The Morgan fingerprint density at radius 1 is 1.39 bits per heavy atom. The quantitative estimate of drug-likeness (QED) is 0.804. The van der Waals surface area contributed by atoms with Gasteiger partial charge in [-0.25, -0.2) is 0 Å². The average molecular weight is 246 g/mol. The molecule has 2 aliphatic rings. The zero-order chi connectivity index (χ0) is 12.7. The summed E-state index contributed by atoms with van der Waals surface area (Å²) in [6.45, 7) is 0. The Balaban J connectivity index is 1.71. The molecule has 2 unspecified atom stereocenters. The third-order valence-corrected chi connectivity index (χ3v) is 4.19. The smallest absolute Gasteiger partial charge is 0.228 e. The normalized spacial score (nSPS) is 28.6. The van der Waals surface area contributed by atoms with Crippen LogP contribution in [-0.4, -0.2) is 13.0 Å². The van der Waals surface area contributed by atoms with E-state index in [1.54, 1.807) is 25.3 Å². The fraction of sp³-hybridized carbons (Fsp3) is 0.500. The highest BCUT2D eigenvalue weighted by Crippen LogP contribution is 2.57. The van der Waals surface area contributed by atoms with Gasteiger partial charge in [-0.1, -0.05) is 6.42 Å². The Bertz CT molecular complexity index is 477. The van der Waals surface area contributed by atoms with Crippen LogP contribution in [-0.2, 0) is 4.79 Å². The fourth-order valence-corrected chi connectivity index (χ4v) is 3.24. The molecule has 0 heterocycles. The molecule has 2 atom stereocenters. The first-order valence-corrected chi connectivity index (χ1v) is 6.45. The van der Waals surface area contributed by atoms with Crippen LogP contribution in [0.1, 0.15) is 19.3 Å². The average Bonchev–Trinajstić information content (AvgIpc) is 2.85. The number of hydrogen-bond donors (Lipinski definition) is 2. The van der Waals surface area contributed by atoms with E-state index in [9.17, 15) is 4.79 Å². The summed E-state index contributed by atoms with van der Waals surface area (Å²) in [5, 5.41) is 2.96. The lowest BCUT2D eigenvalue weighted by Gasteiger charge is -2.11. The van der Waals surface area contributed by atoms with Crippen molar-refractivity contribution < 1.29 is 9.53 Å². The van der Waals surface area contributed by atoms with Crippen molar-refractivity contribution in [1.29, 1.82) is 0 Å². The maximum atomic E-state index is 12.1. The van der Waals surface area contributed by atoms with E-state index in [1.165, 1.54) is 19.3 Å². The van der Waals surface area contributed by atoms with Crippen LogP contribution < -0.4 is 15.8 Å². The molecular formula is C14H18N2O2. The fourth-order valence-electron chi connectivity index (χ4n) is 3.24. The van der Waals surface area contributed by atoms with E-state index in [4.69, 9.17) is 10.5 Å². The van der Waals surface area contributed by atoms with E-state index in [0.29, 0.717) is 29.0 Å². The summed E-state index contributed by atoms with van der Waals surface area (Å²) in [6.07, 6.45) is 3.70. The molecule has 1 amide bonds. The first kappa shape index (κ1) is 11.4. The molecule has 18 heavy (non-hydrogen) atoms. The minimum atomic E-state index is 0.132. The molecule has 1 aromatic carbocycles. The lowest BCUT2D eigenvalue weighted by Crippen LogP contribution is -2.17. The number of rotatable bonds is 3. The number of carbonyl (C=O) groups is 1. The summed E-state index contributed by atoms with van der Waals surface area (Å²) < 4.78 is 5.23. The number of hydrogen-bond acceptors (Lipinski definition) is 3. The summed E-state index contributed by atoms with van der Waals surface area (Å²) >= 11 is 0. The summed E-state index contributed by atoms with van der Waals surface area (Å²) in [5.41, 5.74) is 7.03. The van der Waals surface area contributed by atoms with E-state index >= 15 is 0 Å². The number of nitrogen functional groups attached to an aromatic ring is 1. The predicted octanol–water partition coefficient (Wildman–Crippen LogP) is 2.26. The maximum absolute atomic E-state index is 12.1. The first-order valence-electron chi connectivity index (χ1n) is 6.45. The second kappa shape index (κ2) is 4.19. The predicted molar refractivity (Wildman–Crippen MR) is 70.4 cm³/mol. The minimum Gasteiger partial charge on any atom is -0.494 e. The van der Waals surface area contributed by atoms with Crippen molar-refractivity contribution in [3.8, 4) is 5.75 Å². The molecule has 2 saturated carbocycles. The maximum Gasteiger partial charge on any atom is 0.228 e. The lowest BCUT2D eigenvalue weighted by atomic mass is 10.1. The number of fused-ring (bicyclic) bond motifs is 1. The number of methoxy groups -OCH3 is 1. The first-order chi connectivity index (χ1) is 8.70. The van der Waals surface area contributed by atoms with Gasteiger partial charge in [-0.05, 0) is 36.8 Å². The van der Waals surface area contributed by atoms with Crippen molar-refractivity contribution in [3.05, 3.63) is 18.2 Å². The van der Waals surface area contributed by atoms with Gasteiger partial charge in [-0.2, -0.15) is 0 Å². The molecule has 0 aliphatic heterocycles. The molecule has 0 aromatic heterocycles. The highest BCUT2D eigenvalue weighted by atomic mass is 16.5. The van der Waals surface area contributed by atoms with Gasteiger partial charge in [0.05, 0.1) is 12.8 Å². The van der Waals surface area contributed by atoms with Crippen LogP contribution in [0.3, 0.4) is 0 Å². The molecular weight excluding hydrogens is 228 g/mol. The largest absolute Gasteiger partial charge is 0.494 e. The van der Waals surface area contributed by atoms with Crippen LogP contribution in [0.5, 0.6) is 5.75 Å². The van der Waals surface area contributed by atoms with Crippen LogP contribution in [0.2, 0.25) is 0 Å². The van der Waals surface area contributed by atoms with Gasteiger partial charge in [0.15, 0.2) is 0 Å². The molecule has 96 valence electrons. The second-order valence-electron chi connectivity index (χ2n) is 5.23. The Labute approximate surface area is 107 Å². The third kappa shape index (κ3) is 1.82. The Morgan fingerprint density at radius 3 is 2.78 bits per heavy atom. The van der Waals surface area contributed by atoms with Gasteiger partial charge in [0, 0.05) is 17.7 Å². The van der Waals surface area contributed by atoms with Gasteiger partial charge < -0.3 is 15.8 Å². The number of ether oxygens (including phenoxy) is 1. The number of nitrogens with two attached hydrogens (primary N) is 1. The molecule has 0 radical (unpaired) electrons. The highest BCUT2D eigenvalue weighted by molar-refractivity contribution is 5.96. The second-order valence-corrected chi connectivity index (χ2v) is 5.23. The molecule has 0 spiro atoms. The van der Waals surface area contributed by atoms with Gasteiger partial charge in [0.1, 0.15) is 5.75 Å². The van der Waals surface area contributed by atoms with Gasteiger partial charge in [-0.3, -0.25) is 4.79 Å². The van der Waals surface area contributed by atoms with Crippen LogP contribution in [0.15, 0.2) is 18.2 Å². The van der Waals surface area contributed by atoms with Gasteiger partial charge in [0.2, 0.25) is 5.91 Å². The zero-order valence-corrected chi connectivity index (χ0v) is 10.5. The van der Waals surface area contributed by atoms with E-state index in [2.05, 4.69) is 5.32 Å². The van der Waals surface area contributed by atoms with Crippen LogP contribution in [0.4, 0.5) is 11.4 Å². The van der Waals surface area contributed by atoms with Crippen molar-refractivity contribution in [2.24, 2.45) is 17.8 Å². The summed E-state index contributed by atoms with van der Waals surface area (Å²) in [7, 11) is 1.58. The summed E-state index contributed by atoms with van der Waals surface area (Å²) in [6, 6.07) is 5.29. The Hall–Kier alpha value is -1.71. The molecule has 3 rings (SSSR count). The summed E-state index contributed by atoms with van der Waals surface area (Å²) in [5.74, 6) is 2.23. The van der Waals surface area contributed by atoms with Gasteiger partial charge >= 0.3 is 0 Å². The molecule has 4 nitrogen and oxygen atoms in total. The molecule has 3 N–H and O–H groups in total. The molecule has 4 heteroatoms. The van der Waals surface area contributed by atoms with E-state index in [-0.39, 0.29) is 11.8 Å². The van der Waals surface area contributed by atoms with Crippen molar-refractivity contribution in [1.82, 2.24) is 0 Å². The SMILES string of the molecule is COc1cc(N)ccc1NC(=O)C1C2CCCC21. The Morgan fingerprint density at radius 2 is 2.11 bits per heavy atom. The van der Waals surface area contributed by atoms with Gasteiger partial charge in [0.25, 0.3) is 0 Å². The molecule has 1 aromatic rings. The lowest BCUT2D eigenvalue weighted by molar-refractivity contribution is -0.118. The van der Waals surface area contributed by atoms with Crippen molar-refractivity contribution in [2.75, 3.05) is 18.2 Å². The standard InChI is InChI=1S/C14H18N2O2/c1-18-12-7-8(15)5-6-11(12)16-14(17)13-9-3-2-4-10(9)13/h5-7,9-10,13H,2-4,15H2,1H3,(H,16,17). The van der Waals surface area contributed by atoms with Crippen molar-refractivity contribution >= 4 is 17.3 Å². The van der Waals surface area contributed by atoms with Gasteiger partial charge in [-0.15, -0.1) is 0 Å². The summed E-state index contributed by atoms with van der Waals surface area (Å²) in [4.78, 5) is 12.1. The van der Waals surface area contributed by atoms with Crippen molar-refractivity contribution in [3.63, 3.8) is 0 Å². The monoisotopic (exact) mass is 246 g/mol. The van der Waals surface area contributed by atoms with E-state index in [0.717, 1.165) is 0 Å². The van der Waals surface area contributed by atoms with Crippen LogP contribution >= 0.6 is 0 Å². The molecule has 0 bridgehead atoms. The molecule has 2 aliphatic carbocycles. The third-order valence-electron chi connectivity index (χ3n) is 4.19. The van der Waals surface area contributed by atoms with Crippen LogP contribution in [0, 0.1) is 17.8 Å². The number of carbonyl (C=O) groups excluding carboxylic acids is 1. The number of anilines is 2. The molecule has 0 saturated heterocycles. The number of nitrogens with one attached hydrogen (secondary N) is 1. The number of benzene rings is 1. The topological polar surface area (TPSA) is 64.3 Å².